The molecule has 0 aromatic heterocycles. The smallest absolute Gasteiger partial charge is 0.394 e. The molecule has 24 N–H and O–H groups in total. The Morgan fingerprint density at radius 1 is 0.493 bits per heavy atom. The van der Waals surface area contributed by atoms with Crippen LogP contribution in [0.5, 0.6) is 0 Å². The highest BCUT2D eigenvalue weighted by Crippen LogP contribution is 2.45. The lowest BCUT2D eigenvalue weighted by atomic mass is 9.84. The van der Waals surface area contributed by atoms with Crippen LogP contribution in [0.4, 0.5) is 0 Å². The van der Waals surface area contributed by atoms with Crippen LogP contribution in [0.1, 0.15) is 0 Å². The van der Waals surface area contributed by atoms with Crippen molar-refractivity contribution < 1.29 is 161 Å². The van der Waals surface area contributed by atoms with Gasteiger partial charge in [-0.3, -0.25) is 23.2 Å². The fourth-order valence-corrected chi connectivity index (χ4v) is 9.48. The Morgan fingerprint density at radius 2 is 0.960 bits per heavy atom. The van der Waals surface area contributed by atoms with E-state index in [2.05, 4.69) is 15.2 Å². The van der Waals surface area contributed by atoms with E-state index in [1.807, 2.05) is 0 Å². The molecule has 39 heteroatoms. The predicted molar refractivity (Wildman–Crippen MR) is 229 cm³/mol. The number of hydrogen-bond donors (Lipinski definition) is 22. The first-order valence-corrected chi connectivity index (χ1v) is 25.7. The Hall–Kier alpha value is -1.84. The summed E-state index contributed by atoms with van der Waals surface area (Å²) in [5, 5.41) is 164. The molecule has 75 heavy (non-hydrogen) atoms. The van der Waals surface area contributed by atoms with E-state index in [1.54, 1.807) is 0 Å². The number of nitrogens with two attached hydrogens (primary N) is 2. The first-order chi connectivity index (χ1) is 35.1. The van der Waals surface area contributed by atoms with Crippen molar-refractivity contribution in [3.63, 3.8) is 0 Å². The molecule has 2 amide bonds. The van der Waals surface area contributed by atoms with Crippen LogP contribution in [-0.2, 0) is 70.2 Å². The van der Waals surface area contributed by atoms with E-state index >= 15 is 0 Å². The van der Waals surface area contributed by atoms with Crippen molar-refractivity contribution in [2.75, 3.05) is 52.7 Å². The second kappa shape index (κ2) is 27.6. The quantitative estimate of drug-likeness (QED) is 0.0334. The molecule has 0 bridgehead atoms. The Morgan fingerprint density at radius 3 is 1.51 bits per heavy atom. The number of aliphatic hydroxyl groups is 15. The lowest BCUT2D eigenvalue weighted by molar-refractivity contribution is -0.377. The summed E-state index contributed by atoms with van der Waals surface area (Å²) in [7, 11) is -10.5. The minimum atomic E-state index is -5.51. The SMILES string of the molecule is NCC(=O)NCC(=O)NCCOP(=O)(O)OC[C@H]1O[C@H](O[C@@H]2[C@@H](OC[C@H]3O[C@H](O[C@H]4[C@H](O)[C@@H](N)[C@@H](O[C@@H]5[C@@H](O)[C@H](O)[C@@H](O)[C@@H](O)[C@H]5OP(=O)(O)O)O[C@@H]4CO)[C@@H](O)[C@@H](O)[C@@H]3O)O[C@H](CO)[C@@H](O)[C@@H]2O)[C@@H](O)[C@@H](O)[C@@H]1O. The fourth-order valence-electron chi connectivity index (χ4n) is 8.19. The van der Waals surface area contributed by atoms with Crippen molar-refractivity contribution in [2.24, 2.45) is 11.5 Å². The maximum atomic E-state index is 12.6. The second-order valence-electron chi connectivity index (χ2n) is 17.6. The molecule has 5 rings (SSSR count). The third kappa shape index (κ3) is 16.0. The van der Waals surface area contributed by atoms with Crippen molar-refractivity contribution >= 4 is 27.5 Å². The van der Waals surface area contributed by atoms with Gasteiger partial charge in [-0.05, 0) is 0 Å². The van der Waals surface area contributed by atoms with Crippen molar-refractivity contribution in [3.8, 4) is 0 Å². The number of amides is 2. The Bertz CT molecular complexity index is 1920. The lowest BCUT2D eigenvalue weighted by Crippen LogP contribution is -2.69. The minimum Gasteiger partial charge on any atom is -0.394 e. The van der Waals surface area contributed by atoms with E-state index in [4.69, 9.17) is 58.4 Å². The topological polar surface area (TPSA) is 610 Å². The van der Waals surface area contributed by atoms with Gasteiger partial charge in [0.2, 0.25) is 11.8 Å². The molecule has 1 saturated carbocycles. The first kappa shape index (κ1) is 64.0. The number of aliphatic hydroxyl groups excluding tert-OH is 15. The van der Waals surface area contributed by atoms with Crippen LogP contribution in [0.2, 0.25) is 0 Å². The summed E-state index contributed by atoms with van der Waals surface area (Å²) in [4.78, 5) is 51.9. The van der Waals surface area contributed by atoms with Gasteiger partial charge in [0.1, 0.15) is 128 Å². The molecule has 0 aromatic rings. The van der Waals surface area contributed by atoms with E-state index < -0.39 is 226 Å². The number of nitrogens with one attached hydrogen (secondary N) is 2. The Balaban J connectivity index is 1.23. The van der Waals surface area contributed by atoms with Crippen LogP contribution >= 0.6 is 15.6 Å². The van der Waals surface area contributed by atoms with Crippen molar-refractivity contribution in [3.05, 3.63) is 0 Å². The summed E-state index contributed by atoms with van der Waals surface area (Å²) < 4.78 is 83.2. The molecule has 37 nitrogen and oxygen atoms in total. The molecule has 438 valence electrons. The highest BCUT2D eigenvalue weighted by atomic mass is 31.2. The predicted octanol–water partition coefficient (Wildman–Crippen LogP) is -14.1. The number of carbonyl (C=O) groups is 2. The fraction of sp³-hybridized carbons (Fsp3) is 0.944. The van der Waals surface area contributed by atoms with E-state index in [9.17, 15) is 110 Å². The molecule has 0 radical (unpaired) electrons. The lowest BCUT2D eigenvalue weighted by Gasteiger charge is -2.49. The molecule has 0 aromatic carbocycles. The third-order valence-electron chi connectivity index (χ3n) is 12.4. The average molecular weight is 1140 g/mol. The maximum absolute atomic E-state index is 12.6. The van der Waals surface area contributed by atoms with Crippen molar-refractivity contribution in [1.82, 2.24) is 10.6 Å². The summed E-state index contributed by atoms with van der Waals surface area (Å²) in [5.74, 6) is -1.34. The van der Waals surface area contributed by atoms with Gasteiger partial charge >= 0.3 is 15.6 Å². The summed E-state index contributed by atoms with van der Waals surface area (Å²) in [6.07, 6.45) is -51.6. The Kier molecular flexibility index (Phi) is 23.5. The van der Waals surface area contributed by atoms with Gasteiger partial charge in [0.15, 0.2) is 25.2 Å². The van der Waals surface area contributed by atoms with Crippen LogP contribution in [0.15, 0.2) is 0 Å². The molecule has 0 spiro atoms. The number of rotatable bonds is 23. The number of carbonyl (C=O) groups excluding carboxylic acids is 2. The molecule has 1 unspecified atom stereocenters. The normalized spacial score (nSPS) is 44.6. The van der Waals surface area contributed by atoms with E-state index in [0.29, 0.717) is 0 Å². The molecule has 4 heterocycles. The molecule has 1 aliphatic carbocycles. The van der Waals surface area contributed by atoms with Crippen LogP contribution in [-0.4, -0.2) is 315 Å². The highest BCUT2D eigenvalue weighted by molar-refractivity contribution is 7.47. The second-order valence-corrected chi connectivity index (χ2v) is 20.3. The van der Waals surface area contributed by atoms with E-state index in [0.717, 1.165) is 0 Å². The number of phosphoric acid groups is 2. The zero-order chi connectivity index (χ0) is 56.0. The number of ether oxygens (including phenoxy) is 8. The maximum Gasteiger partial charge on any atom is 0.472 e. The van der Waals surface area contributed by atoms with Crippen molar-refractivity contribution in [1.29, 1.82) is 0 Å². The van der Waals surface area contributed by atoms with Crippen molar-refractivity contribution in [2.45, 2.75) is 159 Å². The van der Waals surface area contributed by atoms with Gasteiger partial charge < -0.3 is 151 Å². The van der Waals surface area contributed by atoms with Crippen LogP contribution in [0.3, 0.4) is 0 Å². The van der Waals surface area contributed by atoms with Gasteiger partial charge in [-0.2, -0.15) is 0 Å². The standard InChI is InChI=1S/C36H66N4O33P2/c37-3-13(43)40-4-14(44)39-1-2-64-75(61,62)65-8-12-18(47)21(50)28(57)35(69-12)72-32-24(53)16(45)9(5-41)66-36(32)63-7-11-17(46)20(49)27(56)34(68-11)70-29-10(6-42)67-33(15(38)19(29)48)71-30-25(54)22(51)23(52)26(55)31(30)73-74(58,59)60/h9-12,15-36,41-42,45-57H,1-8,37-38H2,(H,39,44)(H,40,43)(H,61,62)(H2,58,59,60)/t9-,10-,11-,12-,15-,16-,17-,18-,19-,20+,21+,22-,23-,24+,25+,26-,27+,28+,29-,30-,31-,32+,33-,34-,35-,36+/m1/s1. The third-order valence-corrected chi connectivity index (χ3v) is 13.9. The van der Waals surface area contributed by atoms with Gasteiger partial charge in [-0.25, -0.2) is 9.13 Å². The highest BCUT2D eigenvalue weighted by Gasteiger charge is 2.57. The molecular formula is C36H66N4O33P2. The number of phosphoric ester groups is 2. The molecule has 4 saturated heterocycles. The number of hydrogen-bond acceptors (Lipinski definition) is 32. The zero-order valence-corrected chi connectivity index (χ0v) is 40.7. The first-order valence-electron chi connectivity index (χ1n) is 22.7. The van der Waals surface area contributed by atoms with Gasteiger partial charge in [0.25, 0.3) is 0 Å². The van der Waals surface area contributed by atoms with Gasteiger partial charge in [-0.15, -0.1) is 0 Å². The van der Waals surface area contributed by atoms with Gasteiger partial charge in [0, 0.05) is 6.54 Å². The molecule has 5 aliphatic rings. The van der Waals surface area contributed by atoms with Gasteiger partial charge in [0.05, 0.1) is 52.2 Å². The average Bonchev–Trinajstić information content (AvgIpc) is 3.36. The molecule has 5 fully saturated rings. The summed E-state index contributed by atoms with van der Waals surface area (Å²) >= 11 is 0. The largest absolute Gasteiger partial charge is 0.472 e. The van der Waals surface area contributed by atoms with E-state index in [1.165, 1.54) is 0 Å². The van der Waals surface area contributed by atoms with Crippen LogP contribution in [0.25, 0.3) is 0 Å². The zero-order valence-electron chi connectivity index (χ0n) is 38.9. The summed E-state index contributed by atoms with van der Waals surface area (Å²) in [5.41, 5.74) is 11.3. The molecule has 27 atom stereocenters. The summed E-state index contributed by atoms with van der Waals surface area (Å²) in [6, 6.07) is -1.84. The molecule has 4 aliphatic heterocycles. The minimum absolute atomic E-state index is 0.357. The monoisotopic (exact) mass is 1140 g/mol. The van der Waals surface area contributed by atoms with E-state index in [-0.39, 0.29) is 13.1 Å². The summed E-state index contributed by atoms with van der Waals surface area (Å²) in [6.45, 7) is -5.91. The van der Waals surface area contributed by atoms with Gasteiger partial charge in [-0.1, -0.05) is 0 Å². The van der Waals surface area contributed by atoms with Crippen LogP contribution < -0.4 is 22.1 Å². The Labute approximate surface area is 422 Å². The van der Waals surface area contributed by atoms with Crippen LogP contribution in [0, 0.1) is 0 Å². The molecular weight excluding hydrogens is 1080 g/mol.